The molecule has 0 spiro atoms. The van der Waals surface area contributed by atoms with Crippen LogP contribution in [0, 0.1) is 0 Å². The number of halogens is 14. The Balaban J connectivity index is 0.000000240. The number of benzene rings is 6. The Morgan fingerprint density at radius 2 is 0.582 bits per heavy atom. The van der Waals surface area contributed by atoms with Gasteiger partial charge in [0.2, 0.25) is 0 Å². The summed E-state index contributed by atoms with van der Waals surface area (Å²) >= 11 is 0. The first-order chi connectivity index (χ1) is 36.7. The molecule has 0 unspecified atom stereocenters. The van der Waals surface area contributed by atoms with Gasteiger partial charge in [-0.3, -0.25) is 9.97 Å². The van der Waals surface area contributed by atoms with Crippen LogP contribution in [0.5, 0.6) is 0 Å². The standard InChI is InChI=1S/C26H22P2.C22H16N2.2C4HF7O2.Os/c1-5-13-23(14-6-1)27(24-15-7-2-8-16-24)21-22-28(25-17-9-3-10-18-25)26-19-11-4-12-20-26;1-3-7-17(8-4-1)19-11-13-23-21(15-19)22-16-20(12-14-24-22)18-9-5-2-6-10-18;2*5-2(6,1(12)13)3(7,8)4(9,10)11;/h1-22H;1-16H;2*(H,12,13);. The van der Waals surface area contributed by atoms with Crippen molar-refractivity contribution in [3.8, 4) is 33.6 Å². The third-order valence-electron chi connectivity index (χ3n) is 10.8. The zero-order valence-corrected chi connectivity index (χ0v) is 44.7. The molecule has 0 fully saturated rings. The second kappa shape index (κ2) is 28.1. The second-order valence-corrected chi connectivity index (χ2v) is 20.7. The molecule has 0 bridgehead atoms. The van der Waals surface area contributed by atoms with Crippen LogP contribution < -0.4 is 31.4 Å². The van der Waals surface area contributed by atoms with Gasteiger partial charge in [0.15, 0.2) is 0 Å². The number of hydrogen-bond acceptors (Lipinski definition) is 6. The number of carbonyl (C=O) groups excluding carboxylic acids is 2. The van der Waals surface area contributed by atoms with Gasteiger partial charge in [0.1, 0.15) is 44.8 Å². The van der Waals surface area contributed by atoms with Gasteiger partial charge in [-0.2, -0.15) is 61.5 Å². The fourth-order valence-electron chi connectivity index (χ4n) is 6.73. The summed E-state index contributed by atoms with van der Waals surface area (Å²) in [7, 11) is -1.93. The van der Waals surface area contributed by atoms with E-state index in [1.807, 2.05) is 60.9 Å². The molecule has 0 aliphatic heterocycles. The number of nitrogens with zero attached hydrogens (tertiary/aromatic N) is 2. The van der Waals surface area contributed by atoms with Crippen molar-refractivity contribution in [3.05, 3.63) is 230 Å². The molecule has 8 aromatic rings. The summed E-state index contributed by atoms with van der Waals surface area (Å²) in [5.41, 5.74) is 6.42. The number of aromatic nitrogens is 2. The molecule has 2 aromatic heterocycles. The molecule has 0 aliphatic carbocycles. The Morgan fingerprint density at radius 1 is 0.354 bits per heavy atom. The van der Waals surface area contributed by atoms with Crippen molar-refractivity contribution < 1.29 is 101 Å². The summed E-state index contributed by atoms with van der Waals surface area (Å²) in [5.74, 6) is -28.4. The zero-order valence-electron chi connectivity index (χ0n) is 40.1. The molecule has 6 aromatic carbocycles. The monoisotopic (exact) mass is 1320 g/mol. The van der Waals surface area contributed by atoms with Gasteiger partial charge in [0, 0.05) is 32.2 Å². The van der Waals surface area contributed by atoms with Crippen LogP contribution in [0.2, 0.25) is 0 Å². The number of carboxylic acid groups (broad SMARTS) is 2. The van der Waals surface area contributed by atoms with Crippen LogP contribution in [-0.4, -0.2) is 57.9 Å². The van der Waals surface area contributed by atoms with Gasteiger partial charge in [0.25, 0.3) is 0 Å². The number of rotatable bonds is 13. The normalized spacial score (nSPS) is 11.9. The molecule has 0 aliphatic rings. The number of carboxylic acids is 2. The summed E-state index contributed by atoms with van der Waals surface area (Å²) in [4.78, 5) is 27.6. The molecule has 6 nitrogen and oxygen atoms in total. The van der Waals surface area contributed by atoms with E-state index < -0.39 is 63.8 Å². The molecular formula is C56H40F14N2O4OsP2. The number of carbonyl (C=O) groups is 2. The van der Waals surface area contributed by atoms with Gasteiger partial charge in [-0.25, -0.2) is 0 Å². The van der Waals surface area contributed by atoms with Crippen LogP contribution >= 0.6 is 15.8 Å². The first-order valence-electron chi connectivity index (χ1n) is 22.4. The molecule has 0 N–H and O–H groups in total. The van der Waals surface area contributed by atoms with E-state index in [4.69, 9.17) is 0 Å². The fraction of sp³-hybridized carbons (Fsp3) is 0.107. The van der Waals surface area contributed by atoms with E-state index in [1.54, 1.807) is 0 Å². The van der Waals surface area contributed by atoms with Gasteiger partial charge in [-0.15, -0.1) is 0 Å². The van der Waals surface area contributed by atoms with E-state index in [-0.39, 0.29) is 19.8 Å². The third-order valence-corrected chi connectivity index (χ3v) is 15.9. The van der Waals surface area contributed by atoms with Crippen LogP contribution in [0.25, 0.3) is 33.6 Å². The Labute approximate surface area is 458 Å². The van der Waals surface area contributed by atoms with Crippen LogP contribution in [0.4, 0.5) is 61.5 Å². The van der Waals surface area contributed by atoms with E-state index in [1.165, 1.54) is 32.3 Å². The molecule has 0 saturated heterocycles. The molecule has 79 heavy (non-hydrogen) atoms. The number of hydrogen-bond donors (Lipinski definition) is 0. The SMILES string of the molecule is C(=C[PH+](c1ccccc1)c1ccccc1)[PH+](c1ccccc1)c1ccccc1.O=C([O-])C(F)(F)C(F)(F)C(F)(F)F.O=C([O-])C(F)(F)C(F)(F)C(F)(F)F.[Os].c1ccc(-c2ccnc(-c3cc(-c4ccccc4)ccn3)c2)cc1. The Morgan fingerprint density at radius 3 is 0.785 bits per heavy atom. The maximum Gasteiger partial charge on any atom is 0.460 e. The quantitative estimate of drug-likeness (QED) is 0.0841. The molecule has 8 rings (SSSR count). The van der Waals surface area contributed by atoms with Gasteiger partial charge in [0.05, 0.1) is 27.2 Å². The first kappa shape index (κ1) is 64.3. The van der Waals surface area contributed by atoms with E-state index >= 15 is 0 Å². The first-order valence-corrected chi connectivity index (χ1v) is 25.6. The van der Waals surface area contributed by atoms with E-state index in [2.05, 4.69) is 179 Å². The van der Waals surface area contributed by atoms with Crippen LogP contribution in [-0.2, 0) is 29.4 Å². The largest absolute Gasteiger partial charge is 0.544 e. The van der Waals surface area contributed by atoms with Crippen LogP contribution in [0.3, 0.4) is 0 Å². The summed E-state index contributed by atoms with van der Waals surface area (Å²) in [5, 5.41) is 24.3. The third kappa shape index (κ3) is 16.7. The Kier molecular flexibility index (Phi) is 22.9. The van der Waals surface area contributed by atoms with E-state index in [9.17, 15) is 81.3 Å². The topological polar surface area (TPSA) is 106 Å². The number of pyridine rings is 2. The predicted molar refractivity (Wildman–Crippen MR) is 270 cm³/mol. The molecule has 2 heterocycles. The summed E-state index contributed by atoms with van der Waals surface area (Å²) in [6.07, 6.45) is -9.60. The average molecular weight is 1320 g/mol. The molecule has 414 valence electrons. The Hall–Kier alpha value is -7.18. The minimum absolute atomic E-state index is 0. The van der Waals surface area contributed by atoms with Crippen LogP contribution in [0.15, 0.2) is 230 Å². The van der Waals surface area contributed by atoms with Crippen molar-refractivity contribution in [3.63, 3.8) is 0 Å². The maximum atomic E-state index is 11.7. The molecule has 23 heteroatoms. The summed E-state index contributed by atoms with van der Waals surface area (Å²) in [6, 6.07) is 72.6. The van der Waals surface area contributed by atoms with Gasteiger partial charge < -0.3 is 19.8 Å². The van der Waals surface area contributed by atoms with Crippen molar-refractivity contribution in [2.45, 2.75) is 36.0 Å². The Bertz CT molecular complexity index is 2900. The van der Waals surface area contributed by atoms with Crippen LogP contribution in [0.1, 0.15) is 0 Å². The van der Waals surface area contributed by atoms with Crippen molar-refractivity contribution >= 4 is 49.0 Å². The molecular weight excluding hydrogens is 1280 g/mol. The minimum atomic E-state index is -6.64. The van der Waals surface area contributed by atoms with E-state index in [0.717, 1.165) is 22.5 Å². The van der Waals surface area contributed by atoms with Crippen molar-refractivity contribution in [2.24, 2.45) is 0 Å². The minimum Gasteiger partial charge on any atom is -0.544 e. The second-order valence-electron chi connectivity index (χ2n) is 16.1. The van der Waals surface area contributed by atoms with Gasteiger partial charge in [-0.05, 0) is 95.1 Å². The maximum absolute atomic E-state index is 11.7. The molecule has 0 saturated carbocycles. The molecule has 0 radical (unpaired) electrons. The average Bonchev–Trinajstić information content (AvgIpc) is 3.45. The summed E-state index contributed by atoms with van der Waals surface area (Å²) in [6.45, 7) is 0. The number of alkyl halides is 14. The fourth-order valence-corrected chi connectivity index (χ4v) is 11.7. The van der Waals surface area contributed by atoms with Crippen molar-refractivity contribution in [2.75, 3.05) is 0 Å². The van der Waals surface area contributed by atoms with Gasteiger partial charge >= 0.3 is 36.0 Å². The summed E-state index contributed by atoms with van der Waals surface area (Å²) < 4.78 is 160. The van der Waals surface area contributed by atoms with Crippen molar-refractivity contribution in [1.82, 2.24) is 9.97 Å². The smallest absolute Gasteiger partial charge is 0.460 e. The number of aliphatic carboxylic acids is 2. The molecule has 0 amide bonds. The van der Waals surface area contributed by atoms with Gasteiger partial charge in [-0.1, -0.05) is 133 Å². The predicted octanol–water partition coefficient (Wildman–Crippen LogP) is 11.8. The van der Waals surface area contributed by atoms with E-state index in [0.29, 0.717) is 0 Å². The zero-order chi connectivity index (χ0) is 57.4. The molecule has 0 atom stereocenters. The van der Waals surface area contributed by atoms with Crippen molar-refractivity contribution in [1.29, 1.82) is 0 Å².